The number of benzene rings is 1. The van der Waals surface area contributed by atoms with Crippen LogP contribution in [0.1, 0.15) is 84.5 Å². The number of anilines is 1. The summed E-state index contributed by atoms with van der Waals surface area (Å²) in [5.74, 6) is -2.42. The summed E-state index contributed by atoms with van der Waals surface area (Å²) in [6.45, 7) is 3.63. The number of fused-ring (bicyclic) bond motifs is 3. The smallest absolute Gasteiger partial charge is 0.408 e. The zero-order valence-electron chi connectivity index (χ0n) is 32.5. The average Bonchev–Trinajstić information content (AvgIpc) is 3.62. The van der Waals surface area contributed by atoms with Gasteiger partial charge in [-0.25, -0.2) is 19.6 Å². The van der Waals surface area contributed by atoms with Gasteiger partial charge in [0.1, 0.15) is 41.3 Å². The third kappa shape index (κ3) is 9.06. The van der Waals surface area contributed by atoms with Gasteiger partial charge >= 0.3 is 12.1 Å². The zero-order valence-corrected chi connectivity index (χ0v) is 34.1. The number of ether oxygens (including phenoxy) is 2. The van der Waals surface area contributed by atoms with Crippen LogP contribution in [0.25, 0.3) is 22.3 Å². The molecule has 1 saturated heterocycles. The van der Waals surface area contributed by atoms with Gasteiger partial charge in [0, 0.05) is 40.0 Å². The second-order valence-corrected chi connectivity index (χ2v) is 17.4. The van der Waals surface area contributed by atoms with E-state index in [-0.39, 0.29) is 43.2 Å². The summed E-state index contributed by atoms with van der Waals surface area (Å²) in [6, 6.07) is 5.52. The number of hydrogen-bond acceptors (Lipinski definition) is 11. The van der Waals surface area contributed by atoms with Gasteiger partial charge in [-0.3, -0.25) is 14.4 Å². The molecule has 4 amide bonds. The number of nitrogens with one attached hydrogen (secondary N) is 3. The van der Waals surface area contributed by atoms with Crippen LogP contribution in [0, 0.1) is 11.8 Å². The number of para-hydroxylation sites is 1. The van der Waals surface area contributed by atoms with E-state index in [2.05, 4.69) is 20.9 Å². The van der Waals surface area contributed by atoms with Gasteiger partial charge in [0.15, 0.2) is 5.13 Å². The van der Waals surface area contributed by atoms with Crippen LogP contribution in [-0.2, 0) is 23.9 Å². The van der Waals surface area contributed by atoms with E-state index in [1.54, 1.807) is 19.9 Å². The molecule has 0 radical (unpaired) electrons. The predicted octanol–water partition coefficient (Wildman–Crippen LogP) is 6.54. The van der Waals surface area contributed by atoms with Crippen LogP contribution in [0.5, 0.6) is 5.75 Å². The highest BCUT2D eigenvalue weighted by Crippen LogP contribution is 2.46. The van der Waals surface area contributed by atoms with Crippen molar-refractivity contribution in [3.63, 3.8) is 0 Å². The lowest BCUT2D eigenvalue weighted by Crippen LogP contribution is -2.56. The van der Waals surface area contributed by atoms with Crippen molar-refractivity contribution in [1.29, 1.82) is 0 Å². The Kier molecular flexibility index (Phi) is 12.4. The van der Waals surface area contributed by atoms with E-state index in [0.29, 0.717) is 40.6 Å². The molecule has 5 atom stereocenters. The third-order valence-electron chi connectivity index (χ3n) is 11.3. The molecule has 2 aliphatic carbocycles. The van der Waals surface area contributed by atoms with Crippen molar-refractivity contribution in [1.82, 2.24) is 25.5 Å². The Hall–Kier alpha value is -4.70. The molecule has 57 heavy (non-hydrogen) atoms. The predicted molar refractivity (Wildman–Crippen MR) is 217 cm³/mol. The number of carbonyl (C=O) groups is 5. The number of carbonyl (C=O) groups excluding carboxylic acids is 4. The maximum Gasteiger partial charge on any atom is 0.408 e. The van der Waals surface area contributed by atoms with E-state index in [1.807, 2.05) is 42.0 Å². The van der Waals surface area contributed by atoms with Crippen molar-refractivity contribution in [3.05, 3.63) is 41.8 Å². The number of aromatic nitrogens is 2. The van der Waals surface area contributed by atoms with Crippen molar-refractivity contribution in [3.8, 4) is 17.1 Å². The second-order valence-electron chi connectivity index (χ2n) is 15.7. The molecular formula is C41H50N6O8S2. The number of amides is 4. The lowest BCUT2D eigenvalue weighted by molar-refractivity contribution is -0.145. The van der Waals surface area contributed by atoms with Gasteiger partial charge < -0.3 is 35.4 Å². The number of rotatable bonds is 9. The Bertz CT molecular complexity index is 2050. The molecular weight excluding hydrogens is 769 g/mol. The Morgan fingerprint density at radius 1 is 1.05 bits per heavy atom. The number of carboxylic acid groups (broad SMARTS) is 1. The van der Waals surface area contributed by atoms with E-state index in [9.17, 15) is 29.1 Å². The first-order valence-electron chi connectivity index (χ1n) is 19.9. The topological polar surface area (TPSA) is 189 Å². The van der Waals surface area contributed by atoms with Crippen molar-refractivity contribution in [2.45, 2.75) is 119 Å². The van der Waals surface area contributed by atoms with Gasteiger partial charge in [0.2, 0.25) is 17.7 Å². The number of alkyl carbamates (subject to hydrolysis) is 1. The largest absolute Gasteiger partial charge is 0.488 e. The normalized spacial score (nSPS) is 26.1. The summed E-state index contributed by atoms with van der Waals surface area (Å²) >= 11 is 2.82. The number of allylic oxidation sites excluding steroid dienone is 1. The van der Waals surface area contributed by atoms with Crippen molar-refractivity contribution in [2.75, 3.05) is 18.1 Å². The first-order valence-corrected chi connectivity index (χ1v) is 22.0. The zero-order chi connectivity index (χ0) is 40.3. The van der Waals surface area contributed by atoms with E-state index >= 15 is 0 Å². The molecule has 0 bridgehead atoms. The monoisotopic (exact) mass is 818 g/mol. The van der Waals surface area contributed by atoms with Crippen LogP contribution >= 0.6 is 23.1 Å². The number of carboxylic acids is 1. The fourth-order valence-corrected chi connectivity index (χ4v) is 9.21. The molecule has 2 saturated carbocycles. The first-order chi connectivity index (χ1) is 27.4. The summed E-state index contributed by atoms with van der Waals surface area (Å²) in [7, 11) is 0. The van der Waals surface area contributed by atoms with E-state index in [0.717, 1.165) is 55.2 Å². The van der Waals surface area contributed by atoms with Crippen molar-refractivity contribution in [2.24, 2.45) is 11.8 Å². The van der Waals surface area contributed by atoms with E-state index in [1.165, 1.54) is 28.0 Å². The molecule has 7 rings (SSSR count). The Balaban J connectivity index is 1.20. The molecule has 0 unspecified atom stereocenters. The third-order valence-corrected chi connectivity index (χ3v) is 12.8. The molecule has 4 aliphatic rings. The molecule has 2 aromatic heterocycles. The van der Waals surface area contributed by atoms with E-state index in [4.69, 9.17) is 14.5 Å². The van der Waals surface area contributed by atoms with Gasteiger partial charge in [0.25, 0.3) is 0 Å². The van der Waals surface area contributed by atoms with Crippen LogP contribution < -0.4 is 20.7 Å². The molecule has 14 nitrogen and oxygen atoms in total. The maximum atomic E-state index is 14.6. The van der Waals surface area contributed by atoms with Gasteiger partial charge in [-0.05, 0) is 69.8 Å². The van der Waals surface area contributed by atoms with Crippen LogP contribution in [0.3, 0.4) is 0 Å². The number of aliphatic carboxylic acids is 1. The molecule has 1 aromatic carbocycles. The second kappa shape index (κ2) is 17.4. The van der Waals surface area contributed by atoms with Crippen LogP contribution in [0.2, 0.25) is 0 Å². The average molecular weight is 819 g/mol. The summed E-state index contributed by atoms with van der Waals surface area (Å²) in [4.78, 5) is 78.9. The van der Waals surface area contributed by atoms with Gasteiger partial charge in [0.05, 0.1) is 17.8 Å². The molecule has 4 heterocycles. The van der Waals surface area contributed by atoms with Crippen LogP contribution in [-0.4, -0.2) is 92.4 Å². The number of nitrogens with zero attached hydrogens (tertiary/aromatic N) is 3. The van der Waals surface area contributed by atoms with Crippen LogP contribution in [0.15, 0.2) is 46.7 Å². The number of pyridine rings is 1. The summed E-state index contributed by atoms with van der Waals surface area (Å²) in [5, 5.41) is 21.8. The summed E-state index contributed by atoms with van der Waals surface area (Å²) in [5.41, 5.74) is 0.278. The quantitative estimate of drug-likeness (QED) is 0.136. The minimum atomic E-state index is -1.46. The molecule has 4 N–H and O–H groups in total. The molecule has 3 fully saturated rings. The van der Waals surface area contributed by atoms with Crippen molar-refractivity contribution >= 4 is 68.9 Å². The lowest BCUT2D eigenvalue weighted by atomic mass is 10.0. The maximum absolute atomic E-state index is 14.6. The Morgan fingerprint density at radius 3 is 2.60 bits per heavy atom. The van der Waals surface area contributed by atoms with Gasteiger partial charge in [-0.15, -0.1) is 23.1 Å². The molecule has 0 spiro atoms. The summed E-state index contributed by atoms with van der Waals surface area (Å²) in [6.07, 6.45) is 11.5. The van der Waals surface area contributed by atoms with Crippen LogP contribution in [0.4, 0.5) is 9.93 Å². The number of hydrogen-bond donors (Lipinski definition) is 4. The fourth-order valence-electron chi connectivity index (χ4n) is 7.94. The Labute approximate surface area is 339 Å². The minimum Gasteiger partial charge on any atom is -0.488 e. The highest BCUT2D eigenvalue weighted by molar-refractivity contribution is 7.98. The lowest BCUT2D eigenvalue weighted by Gasteiger charge is -2.29. The molecule has 304 valence electrons. The number of thiazole rings is 1. The molecule has 2 aliphatic heterocycles. The van der Waals surface area contributed by atoms with Crippen molar-refractivity contribution < 1.29 is 38.6 Å². The fraction of sp³-hybridized carbons (Fsp3) is 0.537. The molecule has 3 aromatic rings. The highest BCUT2D eigenvalue weighted by Gasteiger charge is 2.61. The van der Waals surface area contributed by atoms with Gasteiger partial charge in [-0.1, -0.05) is 44.9 Å². The highest BCUT2D eigenvalue weighted by atomic mass is 32.2. The first kappa shape index (κ1) is 40.5. The minimum absolute atomic E-state index is 0.0135. The number of thioether (sulfide) groups is 1. The summed E-state index contributed by atoms with van der Waals surface area (Å²) < 4.78 is 12.4. The van der Waals surface area contributed by atoms with Gasteiger partial charge in [-0.2, -0.15) is 0 Å². The SMILES string of the molecule is CSc1cccc2c(O[C@@H]3C[C@H]4C(=O)N[C@]5(C(=O)O)C[C@@H]5/C=C\CCCCC[C@H](NC(=O)OC5CCCC5)C(=O)N4C3)cc(-c3csc(NC(=O)C(C)C)n3)nc12. The Morgan fingerprint density at radius 2 is 1.84 bits per heavy atom. The standard InChI is InChI=1S/C41H50N6O8S2/c1-23(2)35(48)45-39-43-30(22-57-39)29-19-32(27-15-11-17-33(56-3)34(27)42-29)54-26-18-31-36(49)46-41(38(51)52)20-24(41)12-7-5-4-6-8-16-28(37(50)47(31)21-26)44-40(53)55-25-13-9-10-14-25/h7,11-12,15,17,19,22-26,28,31H,4-6,8-10,13-14,16,18,20-21H2,1-3H3,(H,44,53)(H,46,49)(H,51,52)(H,43,45,48)/b12-7-/t24-,26+,28-,31-,41+/m0/s1. The van der Waals surface area contributed by atoms with E-state index < -0.39 is 47.6 Å². The molecule has 16 heteroatoms.